The van der Waals surface area contributed by atoms with Crippen molar-refractivity contribution >= 4 is 43.9 Å². The predicted octanol–water partition coefficient (Wildman–Crippen LogP) is 5.94. The van der Waals surface area contributed by atoms with E-state index in [1.807, 2.05) is 66.7 Å². The molecule has 0 spiro atoms. The summed E-state index contributed by atoms with van der Waals surface area (Å²) in [7, 11) is 0. The maximum Gasteiger partial charge on any atom is 0.408 e. The van der Waals surface area contributed by atoms with Gasteiger partial charge in [0.1, 0.15) is 6.61 Å². The van der Waals surface area contributed by atoms with Gasteiger partial charge in [-0.1, -0.05) is 80.9 Å². The molecule has 0 saturated heterocycles. The van der Waals surface area contributed by atoms with Gasteiger partial charge in [-0.25, -0.2) is 9.59 Å². The second-order valence-electron chi connectivity index (χ2n) is 7.11. The van der Waals surface area contributed by atoms with Gasteiger partial charge in [0, 0.05) is 31.7 Å². The molecule has 7 heteroatoms. The molecule has 0 aromatic heterocycles. The van der Waals surface area contributed by atoms with E-state index in [9.17, 15) is 9.59 Å². The number of hydrogen-bond acceptors (Lipinski definition) is 4. The third kappa shape index (κ3) is 4.10. The van der Waals surface area contributed by atoms with Crippen molar-refractivity contribution in [3.63, 3.8) is 0 Å². The fourth-order valence-corrected chi connectivity index (χ4v) is 4.65. The summed E-state index contributed by atoms with van der Waals surface area (Å²) >= 11 is 7.12. The number of halogens is 2. The maximum atomic E-state index is 12.9. The van der Waals surface area contributed by atoms with E-state index in [4.69, 9.17) is 9.47 Å². The van der Waals surface area contributed by atoms with Gasteiger partial charge in [0.2, 0.25) is 0 Å². The Morgan fingerprint density at radius 3 is 2.09 bits per heavy atom. The molecule has 3 aromatic rings. The topological polar surface area (TPSA) is 64.6 Å². The summed E-state index contributed by atoms with van der Waals surface area (Å²) in [5, 5.41) is 2.68. The Bertz CT molecular complexity index is 1140. The molecule has 1 aliphatic carbocycles. The highest BCUT2D eigenvalue weighted by Crippen LogP contribution is 2.54. The lowest BCUT2D eigenvalue weighted by Gasteiger charge is -2.32. The molecule has 0 fully saturated rings. The van der Waals surface area contributed by atoms with Gasteiger partial charge in [0.25, 0.3) is 0 Å². The average molecular weight is 557 g/mol. The first-order chi connectivity index (χ1) is 15.5. The molecule has 0 saturated carbocycles. The van der Waals surface area contributed by atoms with Crippen LogP contribution in [0.2, 0.25) is 0 Å². The monoisotopic (exact) mass is 555 g/mol. The molecule has 3 aromatic carbocycles. The molecule has 5 nitrogen and oxygen atoms in total. The normalized spacial score (nSPS) is 12.9. The molecule has 4 rings (SSSR count). The molecule has 0 radical (unpaired) electrons. The largest absolute Gasteiger partial charge is 0.461 e. The fourth-order valence-electron chi connectivity index (χ4n) is 3.93. The zero-order valence-electron chi connectivity index (χ0n) is 16.9. The lowest BCUT2D eigenvalue weighted by molar-refractivity contribution is -0.137. The van der Waals surface area contributed by atoms with E-state index in [1.54, 1.807) is 0 Å². The minimum atomic E-state index is -1.13. The van der Waals surface area contributed by atoms with E-state index >= 15 is 0 Å². The van der Waals surface area contributed by atoms with Crippen LogP contribution in [0, 0.1) is 0 Å². The number of esters is 1. The van der Waals surface area contributed by atoms with E-state index in [2.05, 4.69) is 43.8 Å². The lowest BCUT2D eigenvalue weighted by atomic mass is 9.84. The van der Waals surface area contributed by atoms with Crippen LogP contribution >= 0.6 is 31.9 Å². The first-order valence-corrected chi connectivity index (χ1v) is 11.5. The second-order valence-corrected chi connectivity index (χ2v) is 8.95. The molecule has 1 N–H and O–H groups in total. The first-order valence-electron chi connectivity index (χ1n) is 9.87. The van der Waals surface area contributed by atoms with Crippen molar-refractivity contribution in [2.75, 3.05) is 13.2 Å². The number of nitrogens with one attached hydrogen (secondary N) is 1. The van der Waals surface area contributed by atoms with Crippen molar-refractivity contribution < 1.29 is 19.1 Å². The molecule has 0 heterocycles. The van der Waals surface area contributed by atoms with Gasteiger partial charge in [0.05, 0.1) is 6.54 Å². The number of carbonyl (C=O) groups is 2. The summed E-state index contributed by atoms with van der Waals surface area (Å²) < 4.78 is 13.0. The molecule has 162 valence electrons. The van der Waals surface area contributed by atoms with Crippen LogP contribution < -0.4 is 5.32 Å². The number of ether oxygens (including phenoxy) is 2. The number of rotatable bonds is 6. The minimum Gasteiger partial charge on any atom is -0.461 e. The lowest BCUT2D eigenvalue weighted by Crippen LogP contribution is -2.39. The minimum absolute atomic E-state index is 0.0192. The van der Waals surface area contributed by atoms with Crippen LogP contribution in [-0.2, 0) is 19.9 Å². The zero-order chi connectivity index (χ0) is 22.7. The molecule has 0 aliphatic heterocycles. The zero-order valence-corrected chi connectivity index (χ0v) is 20.1. The Kier molecular flexibility index (Phi) is 6.48. The van der Waals surface area contributed by atoms with Gasteiger partial charge in [0.15, 0.2) is 5.60 Å². The van der Waals surface area contributed by atoms with Gasteiger partial charge >= 0.3 is 12.1 Å². The average Bonchev–Trinajstić information content (AvgIpc) is 3.06. The third-order valence-electron chi connectivity index (χ3n) is 5.22. The van der Waals surface area contributed by atoms with Gasteiger partial charge in [-0.15, -0.1) is 0 Å². The maximum absolute atomic E-state index is 12.9. The molecular weight excluding hydrogens is 538 g/mol. The Morgan fingerprint density at radius 2 is 1.53 bits per heavy atom. The first kappa shape index (κ1) is 22.3. The van der Waals surface area contributed by atoms with E-state index < -0.39 is 17.7 Å². The molecule has 0 unspecified atom stereocenters. The van der Waals surface area contributed by atoms with Crippen LogP contribution in [0.25, 0.3) is 11.1 Å². The molecule has 0 bridgehead atoms. The quantitative estimate of drug-likeness (QED) is 0.232. The Morgan fingerprint density at radius 1 is 0.938 bits per heavy atom. The SMILES string of the molecule is C=CC(=O)OCCNC(=O)OC1(c2ccccc2)c2ccc(Br)cc2-c2cc(Br)ccc21. The fraction of sp³-hybridized carbons (Fsp3) is 0.120. The van der Waals surface area contributed by atoms with Gasteiger partial charge in [-0.2, -0.15) is 0 Å². The molecule has 0 atom stereocenters. The van der Waals surface area contributed by atoms with Crippen molar-refractivity contribution in [2.45, 2.75) is 5.60 Å². The van der Waals surface area contributed by atoms with Crippen LogP contribution in [0.5, 0.6) is 0 Å². The molecule has 1 amide bonds. The van der Waals surface area contributed by atoms with Gasteiger partial charge in [-0.3, -0.25) is 0 Å². The number of carbonyl (C=O) groups excluding carboxylic acids is 2. The summed E-state index contributed by atoms with van der Waals surface area (Å²) in [4.78, 5) is 24.1. The van der Waals surface area contributed by atoms with Crippen molar-refractivity contribution in [2.24, 2.45) is 0 Å². The summed E-state index contributed by atoms with van der Waals surface area (Å²) in [5.74, 6) is -0.546. The molecule has 32 heavy (non-hydrogen) atoms. The van der Waals surface area contributed by atoms with Crippen molar-refractivity contribution in [1.82, 2.24) is 5.32 Å². The number of benzene rings is 3. The summed E-state index contributed by atoms with van der Waals surface area (Å²) in [6.07, 6.45) is 0.457. The molecular formula is C25H19Br2NO4. The van der Waals surface area contributed by atoms with Crippen LogP contribution in [0.4, 0.5) is 4.79 Å². The Labute approximate surface area is 202 Å². The third-order valence-corrected chi connectivity index (χ3v) is 6.21. The number of alkyl carbamates (subject to hydrolysis) is 1. The Balaban J connectivity index is 1.76. The van der Waals surface area contributed by atoms with E-state index in [-0.39, 0.29) is 13.2 Å². The van der Waals surface area contributed by atoms with Crippen LogP contribution in [0.3, 0.4) is 0 Å². The van der Waals surface area contributed by atoms with Gasteiger partial charge in [-0.05, 0) is 35.4 Å². The van der Waals surface area contributed by atoms with Crippen molar-refractivity contribution in [3.8, 4) is 11.1 Å². The number of amides is 1. The van der Waals surface area contributed by atoms with Crippen LogP contribution in [0.1, 0.15) is 16.7 Å². The highest BCUT2D eigenvalue weighted by Gasteiger charge is 2.48. The van der Waals surface area contributed by atoms with Crippen LogP contribution in [0.15, 0.2) is 88.3 Å². The standard InChI is InChI=1S/C25H19Br2NO4/c1-2-23(29)31-13-12-28-24(30)32-25(16-6-4-3-5-7-16)21-10-8-17(26)14-19(21)20-15-18(27)9-11-22(20)25/h2-11,14-15H,1,12-13H2,(H,28,30). The van der Waals surface area contributed by atoms with Crippen molar-refractivity contribution in [3.05, 3.63) is 105 Å². The highest BCUT2D eigenvalue weighted by atomic mass is 79.9. The number of fused-ring (bicyclic) bond motifs is 3. The van der Waals surface area contributed by atoms with E-state index in [1.165, 1.54) is 0 Å². The summed E-state index contributed by atoms with van der Waals surface area (Å²) in [5.41, 5.74) is 3.40. The summed E-state index contributed by atoms with van der Waals surface area (Å²) in [6.45, 7) is 3.48. The predicted molar refractivity (Wildman–Crippen MR) is 129 cm³/mol. The summed E-state index contributed by atoms with van der Waals surface area (Å²) in [6, 6.07) is 21.5. The highest BCUT2D eigenvalue weighted by molar-refractivity contribution is 9.10. The number of hydrogen-bond donors (Lipinski definition) is 1. The van der Waals surface area contributed by atoms with Crippen molar-refractivity contribution in [1.29, 1.82) is 0 Å². The van der Waals surface area contributed by atoms with E-state index in [0.717, 1.165) is 42.8 Å². The Hall–Kier alpha value is -2.90. The van der Waals surface area contributed by atoms with E-state index in [0.29, 0.717) is 0 Å². The second kappa shape index (κ2) is 9.30. The smallest absolute Gasteiger partial charge is 0.408 e. The van der Waals surface area contributed by atoms with Crippen LogP contribution in [-0.4, -0.2) is 25.2 Å². The van der Waals surface area contributed by atoms with Gasteiger partial charge < -0.3 is 14.8 Å². The molecule has 1 aliphatic rings.